The second-order valence-corrected chi connectivity index (χ2v) is 4.46. The molecule has 3 N–H and O–H groups in total. The summed E-state index contributed by atoms with van der Waals surface area (Å²) >= 11 is 10.7. The number of alkyl halides is 2. The zero-order chi connectivity index (χ0) is 13.7. The summed E-state index contributed by atoms with van der Waals surface area (Å²) in [6.07, 6.45) is -2.52. The van der Waals surface area contributed by atoms with Crippen molar-refractivity contribution in [2.24, 2.45) is 5.73 Å². The lowest BCUT2D eigenvalue weighted by molar-refractivity contribution is 0.153. The summed E-state index contributed by atoms with van der Waals surface area (Å²) < 4.78 is 25.0. The third-order valence-electron chi connectivity index (χ3n) is 2.29. The molecule has 0 aromatic heterocycles. The Labute approximate surface area is 114 Å². The Morgan fingerprint density at radius 2 is 2.17 bits per heavy atom. The molecule has 0 atom stereocenters. The van der Waals surface area contributed by atoms with Gasteiger partial charge < -0.3 is 15.7 Å². The van der Waals surface area contributed by atoms with E-state index in [-0.39, 0.29) is 18.1 Å². The first-order valence-electron chi connectivity index (χ1n) is 5.19. The molecule has 1 rings (SSSR count). The van der Waals surface area contributed by atoms with E-state index in [0.717, 1.165) is 0 Å². The van der Waals surface area contributed by atoms with Gasteiger partial charge in [0.15, 0.2) is 0 Å². The van der Waals surface area contributed by atoms with Crippen LogP contribution in [-0.4, -0.2) is 36.2 Å². The van der Waals surface area contributed by atoms with Crippen molar-refractivity contribution in [3.8, 4) is 0 Å². The predicted octanol–water partition coefficient (Wildman–Crippen LogP) is 2.04. The van der Waals surface area contributed by atoms with Crippen LogP contribution in [0.1, 0.15) is 5.56 Å². The molecule has 3 nitrogen and oxygen atoms in total. The first kappa shape index (κ1) is 15.1. The summed E-state index contributed by atoms with van der Waals surface area (Å²) in [5.74, 6) is 0. The Morgan fingerprint density at radius 3 is 2.67 bits per heavy atom. The van der Waals surface area contributed by atoms with Crippen molar-refractivity contribution in [1.29, 1.82) is 0 Å². The highest BCUT2D eigenvalue weighted by Gasteiger charge is 2.17. The topological polar surface area (TPSA) is 49.5 Å². The highest BCUT2D eigenvalue weighted by Crippen LogP contribution is 2.25. The van der Waals surface area contributed by atoms with Crippen LogP contribution in [0, 0.1) is 0 Å². The number of thiocarbonyl (C=S) groups is 1. The van der Waals surface area contributed by atoms with E-state index in [2.05, 4.69) is 0 Å². The lowest BCUT2D eigenvalue weighted by atomic mass is 10.1. The number of aliphatic hydroxyl groups excluding tert-OH is 1. The van der Waals surface area contributed by atoms with E-state index < -0.39 is 13.0 Å². The molecule has 0 aliphatic heterocycles. The summed E-state index contributed by atoms with van der Waals surface area (Å²) in [5.41, 5.74) is 6.41. The van der Waals surface area contributed by atoms with E-state index in [0.29, 0.717) is 16.3 Å². The lowest BCUT2D eigenvalue weighted by Gasteiger charge is -2.25. The van der Waals surface area contributed by atoms with E-state index >= 15 is 0 Å². The Balaban J connectivity index is 3.13. The van der Waals surface area contributed by atoms with Gasteiger partial charge in [-0.05, 0) is 18.2 Å². The number of rotatable bonds is 6. The molecule has 0 bridgehead atoms. The minimum Gasteiger partial charge on any atom is -0.395 e. The van der Waals surface area contributed by atoms with Crippen molar-refractivity contribution < 1.29 is 13.9 Å². The number of benzene rings is 1. The van der Waals surface area contributed by atoms with Crippen LogP contribution in [-0.2, 0) is 0 Å². The minimum atomic E-state index is -2.52. The smallest absolute Gasteiger partial charge is 0.255 e. The number of nitrogens with zero attached hydrogens (tertiary/aromatic N) is 1. The van der Waals surface area contributed by atoms with Gasteiger partial charge in [0.2, 0.25) is 0 Å². The fourth-order valence-corrected chi connectivity index (χ4v) is 1.91. The largest absolute Gasteiger partial charge is 0.395 e. The Morgan fingerprint density at radius 1 is 1.50 bits per heavy atom. The van der Waals surface area contributed by atoms with E-state index in [1.54, 1.807) is 12.1 Å². The predicted molar refractivity (Wildman–Crippen MR) is 72.6 cm³/mol. The van der Waals surface area contributed by atoms with Crippen molar-refractivity contribution in [3.05, 3.63) is 28.8 Å². The standard InChI is InChI=1S/C11H13ClF2N2OS/c12-7-1-2-9(8(5-7)11(15)18)16(3-4-17)6-10(13)14/h1-2,5,10,17H,3-4,6H2,(H2,15,18). The summed E-state index contributed by atoms with van der Waals surface area (Å²) in [5, 5.41) is 9.34. The third kappa shape index (κ3) is 4.04. The molecular weight excluding hydrogens is 282 g/mol. The van der Waals surface area contributed by atoms with Gasteiger partial charge in [0.25, 0.3) is 6.43 Å². The van der Waals surface area contributed by atoms with Crippen LogP contribution in [0.5, 0.6) is 0 Å². The van der Waals surface area contributed by atoms with Crippen LogP contribution in [0.2, 0.25) is 5.02 Å². The second-order valence-electron chi connectivity index (χ2n) is 3.59. The number of aliphatic hydroxyl groups is 1. The normalized spacial score (nSPS) is 10.7. The molecule has 0 unspecified atom stereocenters. The number of halogens is 3. The minimum absolute atomic E-state index is 0.0710. The van der Waals surface area contributed by atoms with E-state index in [4.69, 9.17) is 34.7 Å². The quantitative estimate of drug-likeness (QED) is 0.788. The first-order valence-corrected chi connectivity index (χ1v) is 5.97. The van der Waals surface area contributed by atoms with Crippen LogP contribution in [0.15, 0.2) is 18.2 Å². The zero-order valence-corrected chi connectivity index (χ0v) is 11.0. The number of anilines is 1. The van der Waals surface area contributed by atoms with Gasteiger partial charge in [-0.2, -0.15) is 0 Å². The molecule has 0 saturated carbocycles. The fourth-order valence-electron chi connectivity index (χ4n) is 1.58. The number of nitrogens with two attached hydrogens (primary N) is 1. The second kappa shape index (κ2) is 6.82. The number of hydrogen-bond acceptors (Lipinski definition) is 3. The maximum atomic E-state index is 12.5. The van der Waals surface area contributed by atoms with Crippen LogP contribution in [0.4, 0.5) is 14.5 Å². The SMILES string of the molecule is NC(=S)c1cc(Cl)ccc1N(CCO)CC(F)F. The van der Waals surface area contributed by atoms with Gasteiger partial charge in [-0.1, -0.05) is 23.8 Å². The van der Waals surface area contributed by atoms with E-state index in [1.165, 1.54) is 11.0 Å². The van der Waals surface area contributed by atoms with Crippen molar-refractivity contribution in [1.82, 2.24) is 0 Å². The molecular formula is C11H13ClF2N2OS. The number of hydrogen-bond donors (Lipinski definition) is 2. The van der Waals surface area contributed by atoms with E-state index in [9.17, 15) is 8.78 Å². The van der Waals surface area contributed by atoms with Gasteiger partial charge in [-0.15, -0.1) is 0 Å². The van der Waals surface area contributed by atoms with Gasteiger partial charge in [0, 0.05) is 22.8 Å². The Hall–Kier alpha value is -0.980. The third-order valence-corrected chi connectivity index (χ3v) is 2.75. The Kier molecular flexibility index (Phi) is 5.71. The average Bonchev–Trinajstić information content (AvgIpc) is 2.27. The molecule has 0 aliphatic carbocycles. The average molecular weight is 295 g/mol. The van der Waals surface area contributed by atoms with E-state index in [1.807, 2.05) is 0 Å². The maximum absolute atomic E-state index is 12.5. The molecule has 0 fully saturated rings. The summed E-state index contributed by atoms with van der Waals surface area (Å²) in [4.78, 5) is 1.40. The molecule has 18 heavy (non-hydrogen) atoms. The zero-order valence-electron chi connectivity index (χ0n) is 9.44. The van der Waals surface area contributed by atoms with Gasteiger partial charge in [-0.25, -0.2) is 8.78 Å². The maximum Gasteiger partial charge on any atom is 0.255 e. The molecule has 1 aromatic rings. The van der Waals surface area contributed by atoms with Gasteiger partial charge in [0.1, 0.15) is 4.99 Å². The van der Waals surface area contributed by atoms with Crippen molar-refractivity contribution in [2.75, 3.05) is 24.6 Å². The molecule has 7 heteroatoms. The fraction of sp³-hybridized carbons (Fsp3) is 0.364. The Bertz CT molecular complexity index is 432. The molecule has 0 heterocycles. The molecule has 0 spiro atoms. The highest BCUT2D eigenvalue weighted by molar-refractivity contribution is 7.80. The van der Waals surface area contributed by atoms with Gasteiger partial charge >= 0.3 is 0 Å². The van der Waals surface area contributed by atoms with Gasteiger partial charge in [-0.3, -0.25) is 0 Å². The van der Waals surface area contributed by atoms with Crippen molar-refractivity contribution in [3.63, 3.8) is 0 Å². The van der Waals surface area contributed by atoms with Crippen LogP contribution < -0.4 is 10.6 Å². The van der Waals surface area contributed by atoms with Crippen molar-refractivity contribution in [2.45, 2.75) is 6.43 Å². The van der Waals surface area contributed by atoms with Crippen LogP contribution in [0.3, 0.4) is 0 Å². The van der Waals surface area contributed by atoms with Crippen LogP contribution in [0.25, 0.3) is 0 Å². The molecule has 0 radical (unpaired) electrons. The molecule has 0 aliphatic rings. The highest BCUT2D eigenvalue weighted by atomic mass is 35.5. The lowest BCUT2D eigenvalue weighted by Crippen LogP contribution is -2.33. The molecule has 1 aromatic carbocycles. The van der Waals surface area contributed by atoms with Gasteiger partial charge in [0.05, 0.1) is 13.2 Å². The summed E-state index contributed by atoms with van der Waals surface area (Å²) in [7, 11) is 0. The monoisotopic (exact) mass is 294 g/mol. The molecule has 100 valence electrons. The summed E-state index contributed by atoms with van der Waals surface area (Å²) in [6.45, 7) is -0.675. The first-order chi connectivity index (χ1) is 8.45. The summed E-state index contributed by atoms with van der Waals surface area (Å²) in [6, 6.07) is 4.65. The molecule has 0 saturated heterocycles. The molecule has 0 amide bonds. The van der Waals surface area contributed by atoms with Crippen molar-refractivity contribution >= 4 is 34.5 Å². The van der Waals surface area contributed by atoms with Crippen LogP contribution >= 0.6 is 23.8 Å².